The Morgan fingerprint density at radius 3 is 2.90 bits per heavy atom. The first-order valence-electron chi connectivity index (χ1n) is 6.59. The van der Waals surface area contributed by atoms with Crippen LogP contribution in [0, 0.1) is 5.92 Å². The van der Waals surface area contributed by atoms with Crippen molar-refractivity contribution in [2.24, 2.45) is 11.0 Å². The molecule has 1 aliphatic heterocycles. The topological polar surface area (TPSA) is 91.2 Å². The van der Waals surface area contributed by atoms with E-state index in [0.29, 0.717) is 17.7 Å². The van der Waals surface area contributed by atoms with Gasteiger partial charge in [0.05, 0.1) is 11.8 Å². The van der Waals surface area contributed by atoms with Crippen LogP contribution in [0.3, 0.4) is 0 Å². The molecular formula is C14H17ClN2O4. The molecule has 1 heterocycles. The predicted octanol–water partition coefficient (Wildman–Crippen LogP) is 1.67. The molecule has 7 heteroatoms. The fourth-order valence-corrected chi connectivity index (χ4v) is 2.27. The van der Waals surface area contributed by atoms with Crippen molar-refractivity contribution < 1.29 is 19.7 Å². The zero-order valence-electron chi connectivity index (χ0n) is 11.8. The number of phenolic OH excluding ortho intramolecular Hbond substituents is 1. The average Bonchev–Trinajstić information content (AvgIpc) is 2.41. The van der Waals surface area contributed by atoms with Crippen LogP contribution in [0.1, 0.15) is 25.8 Å². The van der Waals surface area contributed by atoms with E-state index in [0.717, 1.165) is 0 Å². The van der Waals surface area contributed by atoms with E-state index in [2.05, 4.69) is 10.5 Å². The Hall–Kier alpha value is -1.79. The minimum atomic E-state index is -0.638. The van der Waals surface area contributed by atoms with Gasteiger partial charge in [0.1, 0.15) is 23.1 Å². The van der Waals surface area contributed by atoms with E-state index in [4.69, 9.17) is 16.3 Å². The van der Waals surface area contributed by atoms with Gasteiger partial charge in [-0.3, -0.25) is 4.79 Å². The third kappa shape index (κ3) is 3.46. The number of aromatic hydroxyl groups is 1. The summed E-state index contributed by atoms with van der Waals surface area (Å²) in [6.07, 6.45) is -0.336. The highest BCUT2D eigenvalue weighted by molar-refractivity contribution is 6.34. The highest BCUT2D eigenvalue weighted by Crippen LogP contribution is 2.37. The molecule has 2 unspecified atom stereocenters. The fourth-order valence-electron chi connectivity index (χ4n) is 2.05. The molecule has 0 fully saturated rings. The monoisotopic (exact) mass is 312 g/mol. The smallest absolute Gasteiger partial charge is 0.240 e. The first-order chi connectivity index (χ1) is 9.90. The standard InChI is InChI=1S/C14H17ClN2O4/c1-7-5-11(19)16-17-13(7)9-3-4-10(12(15)14(9)20)21-6-8(2)18/h3-4,7-8,18,20H,5-6H2,1-2H3,(H,16,19). The van der Waals surface area contributed by atoms with Gasteiger partial charge in [-0.2, -0.15) is 5.10 Å². The van der Waals surface area contributed by atoms with E-state index in [9.17, 15) is 15.0 Å². The molecule has 2 atom stereocenters. The van der Waals surface area contributed by atoms with E-state index in [-0.39, 0.29) is 35.0 Å². The number of rotatable bonds is 4. The maximum Gasteiger partial charge on any atom is 0.240 e. The van der Waals surface area contributed by atoms with Crippen LogP contribution in [0.25, 0.3) is 0 Å². The highest BCUT2D eigenvalue weighted by atomic mass is 35.5. The van der Waals surface area contributed by atoms with E-state index < -0.39 is 6.10 Å². The lowest BCUT2D eigenvalue weighted by atomic mass is 9.93. The molecule has 3 N–H and O–H groups in total. The molecule has 1 amide bonds. The predicted molar refractivity (Wildman–Crippen MR) is 78.8 cm³/mol. The van der Waals surface area contributed by atoms with Crippen LogP contribution in [-0.2, 0) is 4.79 Å². The minimum absolute atomic E-state index is 0.0555. The lowest BCUT2D eigenvalue weighted by Gasteiger charge is -2.21. The van der Waals surface area contributed by atoms with Gasteiger partial charge < -0.3 is 14.9 Å². The van der Waals surface area contributed by atoms with Crippen LogP contribution in [0.5, 0.6) is 11.5 Å². The number of halogens is 1. The number of phenols is 1. The van der Waals surface area contributed by atoms with Crippen molar-refractivity contribution >= 4 is 23.2 Å². The number of aliphatic hydroxyl groups excluding tert-OH is 1. The van der Waals surface area contributed by atoms with Gasteiger partial charge in [0.25, 0.3) is 0 Å². The van der Waals surface area contributed by atoms with Gasteiger partial charge in [-0.15, -0.1) is 0 Å². The average molecular weight is 313 g/mol. The summed E-state index contributed by atoms with van der Waals surface area (Å²) in [6.45, 7) is 3.51. The Kier molecular flexibility index (Phi) is 4.69. The minimum Gasteiger partial charge on any atom is -0.506 e. The van der Waals surface area contributed by atoms with Gasteiger partial charge in [0.15, 0.2) is 0 Å². The van der Waals surface area contributed by atoms with Crippen LogP contribution in [0.4, 0.5) is 0 Å². The molecule has 1 aromatic rings. The quantitative estimate of drug-likeness (QED) is 0.788. The van der Waals surface area contributed by atoms with Crippen molar-refractivity contribution in [2.45, 2.75) is 26.4 Å². The first-order valence-corrected chi connectivity index (χ1v) is 6.97. The molecule has 114 valence electrons. The molecule has 0 bridgehead atoms. The number of carbonyl (C=O) groups is 1. The summed E-state index contributed by atoms with van der Waals surface area (Å²) in [7, 11) is 0. The molecule has 0 spiro atoms. The summed E-state index contributed by atoms with van der Waals surface area (Å²) in [5, 5.41) is 23.5. The zero-order valence-corrected chi connectivity index (χ0v) is 12.5. The third-order valence-corrected chi connectivity index (χ3v) is 3.46. The van der Waals surface area contributed by atoms with Crippen LogP contribution in [-0.4, -0.2) is 34.5 Å². The maximum atomic E-state index is 11.3. The van der Waals surface area contributed by atoms with Crippen molar-refractivity contribution in [3.8, 4) is 11.5 Å². The van der Waals surface area contributed by atoms with Gasteiger partial charge in [-0.1, -0.05) is 18.5 Å². The fraction of sp³-hybridized carbons (Fsp3) is 0.429. The summed E-state index contributed by atoms with van der Waals surface area (Å²) in [6, 6.07) is 3.23. The Morgan fingerprint density at radius 2 is 2.29 bits per heavy atom. The molecular weight excluding hydrogens is 296 g/mol. The first kappa shape index (κ1) is 15.6. The summed E-state index contributed by atoms with van der Waals surface area (Å²) >= 11 is 6.08. The highest BCUT2D eigenvalue weighted by Gasteiger charge is 2.25. The third-order valence-electron chi connectivity index (χ3n) is 3.10. The summed E-state index contributed by atoms with van der Waals surface area (Å²) in [5.74, 6) is -0.146. The van der Waals surface area contributed by atoms with E-state index >= 15 is 0 Å². The second-order valence-electron chi connectivity index (χ2n) is 5.07. The van der Waals surface area contributed by atoms with Gasteiger partial charge in [0.2, 0.25) is 5.91 Å². The number of nitrogens with zero attached hydrogens (tertiary/aromatic N) is 1. The van der Waals surface area contributed by atoms with Crippen LogP contribution >= 0.6 is 11.6 Å². The Labute approximate surface area is 127 Å². The number of benzene rings is 1. The number of amides is 1. The van der Waals surface area contributed by atoms with Gasteiger partial charge in [0, 0.05) is 17.9 Å². The molecule has 21 heavy (non-hydrogen) atoms. The second kappa shape index (κ2) is 6.32. The Morgan fingerprint density at radius 1 is 1.57 bits per heavy atom. The van der Waals surface area contributed by atoms with Crippen molar-refractivity contribution in [2.75, 3.05) is 6.61 Å². The molecule has 0 saturated carbocycles. The lowest BCUT2D eigenvalue weighted by Crippen LogP contribution is -2.32. The number of hydrogen-bond acceptors (Lipinski definition) is 5. The molecule has 6 nitrogen and oxygen atoms in total. The van der Waals surface area contributed by atoms with Crippen molar-refractivity contribution in [3.05, 3.63) is 22.7 Å². The van der Waals surface area contributed by atoms with Gasteiger partial charge in [-0.25, -0.2) is 5.43 Å². The zero-order chi connectivity index (χ0) is 15.6. The van der Waals surface area contributed by atoms with Crippen LogP contribution in [0.2, 0.25) is 5.02 Å². The van der Waals surface area contributed by atoms with Crippen LogP contribution in [0.15, 0.2) is 17.2 Å². The molecule has 0 radical (unpaired) electrons. The number of carbonyl (C=O) groups excluding carboxylic acids is 1. The van der Waals surface area contributed by atoms with E-state index in [1.165, 1.54) is 0 Å². The number of hydrazone groups is 1. The van der Waals surface area contributed by atoms with Gasteiger partial charge in [-0.05, 0) is 19.1 Å². The summed E-state index contributed by atoms with van der Waals surface area (Å²) < 4.78 is 5.31. The Bertz CT molecular complexity index is 587. The second-order valence-corrected chi connectivity index (χ2v) is 5.45. The number of aliphatic hydroxyl groups is 1. The molecule has 0 aliphatic carbocycles. The molecule has 1 aliphatic rings. The van der Waals surface area contributed by atoms with Gasteiger partial charge >= 0.3 is 0 Å². The number of nitrogens with one attached hydrogen (secondary N) is 1. The summed E-state index contributed by atoms with van der Waals surface area (Å²) in [4.78, 5) is 11.3. The molecule has 0 saturated heterocycles. The molecule has 1 aromatic carbocycles. The SMILES string of the molecule is CC(O)COc1ccc(C2=NNC(=O)CC2C)c(O)c1Cl. The van der Waals surface area contributed by atoms with Crippen molar-refractivity contribution in [1.82, 2.24) is 5.43 Å². The number of hydrogen-bond donors (Lipinski definition) is 3. The van der Waals surface area contributed by atoms with Crippen LogP contribution < -0.4 is 10.2 Å². The molecule has 2 rings (SSSR count). The summed E-state index contributed by atoms with van der Waals surface area (Å²) in [5.41, 5.74) is 3.41. The maximum absolute atomic E-state index is 11.3. The largest absolute Gasteiger partial charge is 0.506 e. The van der Waals surface area contributed by atoms with E-state index in [1.807, 2.05) is 6.92 Å². The van der Waals surface area contributed by atoms with E-state index in [1.54, 1.807) is 19.1 Å². The Balaban J connectivity index is 2.30. The lowest BCUT2D eigenvalue weighted by molar-refractivity contribution is -0.121. The van der Waals surface area contributed by atoms with Crippen molar-refractivity contribution in [1.29, 1.82) is 0 Å². The molecule has 0 aromatic heterocycles. The van der Waals surface area contributed by atoms with Crippen molar-refractivity contribution in [3.63, 3.8) is 0 Å². The normalized spacial score (nSPS) is 19.7. The number of ether oxygens (including phenoxy) is 1.